The first-order chi connectivity index (χ1) is 13.0. The summed E-state index contributed by atoms with van der Waals surface area (Å²) in [6.45, 7) is 1.90. The highest BCUT2D eigenvalue weighted by Crippen LogP contribution is 2.36. The van der Waals surface area contributed by atoms with E-state index in [-0.39, 0.29) is 5.82 Å². The summed E-state index contributed by atoms with van der Waals surface area (Å²) in [6, 6.07) is 12.3. The van der Waals surface area contributed by atoms with E-state index >= 15 is 0 Å². The minimum absolute atomic E-state index is 0.253. The van der Waals surface area contributed by atoms with Crippen LogP contribution in [0, 0.1) is 5.82 Å². The molecule has 0 aliphatic carbocycles. The number of hydrogen-bond donors (Lipinski definition) is 2. The Bertz CT molecular complexity index is 1120. The van der Waals surface area contributed by atoms with Gasteiger partial charge in [-0.25, -0.2) is 14.4 Å². The Morgan fingerprint density at radius 2 is 1.85 bits per heavy atom. The SMILES string of the molecule is CCC(O)c1nc2c(N)nc(-c3ccc(-c4ccc(F)cc4)s3)cc2n1C. The van der Waals surface area contributed by atoms with Gasteiger partial charge >= 0.3 is 0 Å². The third-order valence-corrected chi connectivity index (χ3v) is 5.76. The van der Waals surface area contributed by atoms with Crippen LogP contribution < -0.4 is 5.73 Å². The lowest BCUT2D eigenvalue weighted by atomic mass is 10.2. The standard InChI is InChI=1S/C20H19FN4OS/c1-3-15(26)20-24-18-14(25(20)2)10-13(23-19(18)22)17-9-8-16(27-17)11-4-6-12(21)7-5-11/h4-10,15,26H,3H2,1-2H3,(H2,22,23). The monoisotopic (exact) mass is 382 g/mol. The quantitative estimate of drug-likeness (QED) is 0.544. The first kappa shape index (κ1) is 17.6. The van der Waals surface area contributed by atoms with Gasteiger partial charge in [0.25, 0.3) is 0 Å². The van der Waals surface area contributed by atoms with Crippen LogP contribution >= 0.6 is 11.3 Å². The highest BCUT2D eigenvalue weighted by molar-refractivity contribution is 7.18. The van der Waals surface area contributed by atoms with Crippen LogP contribution in [0.3, 0.4) is 0 Å². The number of nitrogens with zero attached hydrogens (tertiary/aromatic N) is 3. The van der Waals surface area contributed by atoms with Gasteiger partial charge in [0.15, 0.2) is 5.82 Å². The predicted molar refractivity (Wildman–Crippen MR) is 107 cm³/mol. The highest BCUT2D eigenvalue weighted by Gasteiger charge is 2.18. The number of aliphatic hydroxyl groups excluding tert-OH is 1. The molecule has 138 valence electrons. The molecule has 3 heterocycles. The molecule has 0 radical (unpaired) electrons. The molecule has 4 rings (SSSR count). The number of aromatic nitrogens is 3. The average Bonchev–Trinajstić information content (AvgIpc) is 3.28. The summed E-state index contributed by atoms with van der Waals surface area (Å²) in [6.07, 6.45) is -0.0689. The Balaban J connectivity index is 1.78. The summed E-state index contributed by atoms with van der Waals surface area (Å²) in [5.41, 5.74) is 9.28. The molecule has 0 spiro atoms. The van der Waals surface area contributed by atoms with Crippen molar-refractivity contribution in [1.29, 1.82) is 0 Å². The van der Waals surface area contributed by atoms with E-state index in [1.54, 1.807) is 23.5 Å². The fourth-order valence-electron chi connectivity index (χ4n) is 3.08. The van der Waals surface area contributed by atoms with Crippen LogP contribution in [0.1, 0.15) is 25.3 Å². The average molecular weight is 382 g/mol. The first-order valence-electron chi connectivity index (χ1n) is 8.65. The van der Waals surface area contributed by atoms with Gasteiger partial charge in [0.05, 0.1) is 16.1 Å². The second-order valence-corrected chi connectivity index (χ2v) is 7.47. The third-order valence-electron chi connectivity index (χ3n) is 4.60. The zero-order valence-electron chi connectivity index (χ0n) is 15.0. The van der Waals surface area contributed by atoms with Gasteiger partial charge in [-0.1, -0.05) is 19.1 Å². The van der Waals surface area contributed by atoms with Crippen LogP contribution in [0.5, 0.6) is 0 Å². The molecular weight excluding hydrogens is 363 g/mol. The summed E-state index contributed by atoms with van der Waals surface area (Å²) in [5.74, 6) is 0.664. The van der Waals surface area contributed by atoms with E-state index in [9.17, 15) is 9.50 Å². The Morgan fingerprint density at radius 1 is 1.15 bits per heavy atom. The number of halogens is 1. The van der Waals surface area contributed by atoms with Gasteiger partial charge in [-0.2, -0.15) is 0 Å². The number of fused-ring (bicyclic) bond motifs is 1. The molecule has 1 aromatic carbocycles. The molecule has 0 aliphatic heterocycles. The van der Waals surface area contributed by atoms with Crippen LogP contribution in [0.15, 0.2) is 42.5 Å². The number of anilines is 1. The van der Waals surface area contributed by atoms with Crippen molar-refractivity contribution < 1.29 is 9.50 Å². The molecule has 27 heavy (non-hydrogen) atoms. The number of imidazole rings is 1. The van der Waals surface area contributed by atoms with Crippen LogP contribution in [0.2, 0.25) is 0 Å². The number of nitrogens with two attached hydrogens (primary N) is 1. The Labute approximate surface area is 159 Å². The topological polar surface area (TPSA) is 77.0 Å². The maximum absolute atomic E-state index is 13.1. The molecule has 0 aliphatic rings. The largest absolute Gasteiger partial charge is 0.385 e. The molecule has 3 N–H and O–H groups in total. The number of hydrogen-bond acceptors (Lipinski definition) is 5. The molecule has 0 amide bonds. The minimum atomic E-state index is -0.642. The number of nitrogen functional groups attached to an aromatic ring is 1. The van der Waals surface area contributed by atoms with Gasteiger partial charge in [-0.15, -0.1) is 11.3 Å². The Hall–Kier alpha value is -2.77. The van der Waals surface area contributed by atoms with Gasteiger partial charge in [-0.3, -0.25) is 0 Å². The fourth-order valence-corrected chi connectivity index (χ4v) is 4.05. The van der Waals surface area contributed by atoms with E-state index in [0.29, 0.717) is 23.6 Å². The fraction of sp³-hybridized carbons (Fsp3) is 0.200. The van der Waals surface area contributed by atoms with Crippen LogP contribution in [0.4, 0.5) is 10.2 Å². The van der Waals surface area contributed by atoms with Crippen molar-refractivity contribution in [2.45, 2.75) is 19.4 Å². The van der Waals surface area contributed by atoms with Crippen molar-refractivity contribution in [2.75, 3.05) is 5.73 Å². The number of aryl methyl sites for hydroxylation is 1. The van der Waals surface area contributed by atoms with Gasteiger partial charge < -0.3 is 15.4 Å². The van der Waals surface area contributed by atoms with Crippen molar-refractivity contribution in [1.82, 2.24) is 14.5 Å². The number of benzene rings is 1. The number of rotatable bonds is 4. The lowest BCUT2D eigenvalue weighted by molar-refractivity contribution is 0.161. The van der Waals surface area contributed by atoms with Crippen molar-refractivity contribution in [3.8, 4) is 21.0 Å². The molecule has 0 fully saturated rings. The number of thiophene rings is 1. The first-order valence-corrected chi connectivity index (χ1v) is 9.46. The van der Waals surface area contributed by atoms with Crippen LogP contribution in [-0.2, 0) is 7.05 Å². The summed E-state index contributed by atoms with van der Waals surface area (Å²) >= 11 is 1.57. The smallest absolute Gasteiger partial charge is 0.152 e. The van der Waals surface area contributed by atoms with Crippen molar-refractivity contribution in [3.05, 3.63) is 54.1 Å². The molecule has 7 heteroatoms. The van der Waals surface area contributed by atoms with Crippen molar-refractivity contribution in [2.24, 2.45) is 7.05 Å². The molecule has 0 saturated carbocycles. The normalized spacial score (nSPS) is 12.6. The summed E-state index contributed by atoms with van der Waals surface area (Å²) < 4.78 is 15.0. The summed E-state index contributed by atoms with van der Waals surface area (Å²) in [4.78, 5) is 11.0. The summed E-state index contributed by atoms with van der Waals surface area (Å²) in [5, 5.41) is 10.2. The molecule has 1 unspecified atom stereocenters. The lowest BCUT2D eigenvalue weighted by Crippen LogP contribution is -2.04. The zero-order chi connectivity index (χ0) is 19.1. The molecule has 0 saturated heterocycles. The van der Waals surface area contributed by atoms with E-state index in [4.69, 9.17) is 5.73 Å². The molecular formula is C20H19FN4OS. The van der Waals surface area contributed by atoms with Crippen molar-refractivity contribution in [3.63, 3.8) is 0 Å². The van der Waals surface area contributed by atoms with Gasteiger partial charge in [0.2, 0.25) is 0 Å². The predicted octanol–water partition coefficient (Wildman–Crippen LogP) is 4.53. The number of pyridine rings is 1. The van der Waals surface area contributed by atoms with Gasteiger partial charge in [0, 0.05) is 11.9 Å². The second kappa shape index (κ2) is 6.75. The molecule has 4 aromatic rings. The zero-order valence-corrected chi connectivity index (χ0v) is 15.8. The molecule has 0 bridgehead atoms. The van der Waals surface area contributed by atoms with Gasteiger partial charge in [-0.05, 0) is 42.3 Å². The molecule has 3 aromatic heterocycles. The summed E-state index contributed by atoms with van der Waals surface area (Å²) in [7, 11) is 1.87. The van der Waals surface area contributed by atoms with E-state index in [2.05, 4.69) is 9.97 Å². The van der Waals surface area contributed by atoms with E-state index in [1.165, 1.54) is 12.1 Å². The van der Waals surface area contributed by atoms with E-state index in [0.717, 1.165) is 26.5 Å². The maximum Gasteiger partial charge on any atom is 0.152 e. The number of aliphatic hydroxyl groups is 1. The van der Waals surface area contributed by atoms with Crippen LogP contribution in [0.25, 0.3) is 32.0 Å². The Morgan fingerprint density at radius 3 is 2.56 bits per heavy atom. The maximum atomic E-state index is 13.1. The second-order valence-electron chi connectivity index (χ2n) is 6.38. The van der Waals surface area contributed by atoms with E-state index < -0.39 is 6.10 Å². The minimum Gasteiger partial charge on any atom is -0.385 e. The van der Waals surface area contributed by atoms with Gasteiger partial charge in [0.1, 0.15) is 23.3 Å². The molecule has 1 atom stereocenters. The van der Waals surface area contributed by atoms with Crippen LogP contribution in [-0.4, -0.2) is 19.6 Å². The lowest BCUT2D eigenvalue weighted by Gasteiger charge is -2.07. The third kappa shape index (κ3) is 3.09. The van der Waals surface area contributed by atoms with Crippen molar-refractivity contribution >= 4 is 28.2 Å². The Kier molecular flexibility index (Phi) is 4.41. The van der Waals surface area contributed by atoms with E-state index in [1.807, 2.05) is 36.7 Å². The highest BCUT2D eigenvalue weighted by atomic mass is 32.1. The molecule has 5 nitrogen and oxygen atoms in total.